The van der Waals surface area contributed by atoms with E-state index in [-0.39, 0.29) is 24.8 Å². The SMILES string of the molecule is CNCCCNCc1ccc(OCc2ccccc2)c(Cl)c1.Cl.Cl. The van der Waals surface area contributed by atoms with E-state index < -0.39 is 0 Å². The van der Waals surface area contributed by atoms with Crippen molar-refractivity contribution in [3.63, 3.8) is 0 Å². The number of hydrogen-bond donors (Lipinski definition) is 2. The molecular weight excluding hydrogens is 367 g/mol. The van der Waals surface area contributed by atoms with E-state index in [1.165, 1.54) is 5.56 Å². The fourth-order valence-corrected chi connectivity index (χ4v) is 2.39. The standard InChI is InChI=1S/C18H23ClN2O.2ClH/c1-20-10-5-11-21-13-16-8-9-18(17(19)12-16)22-14-15-6-3-2-4-7-15;;/h2-4,6-9,12,20-21H,5,10-11,13-14H2,1H3;2*1H. The van der Waals surface area contributed by atoms with E-state index in [0.717, 1.165) is 37.4 Å². The Bertz CT molecular complexity index is 567. The van der Waals surface area contributed by atoms with Crippen molar-refractivity contribution in [1.82, 2.24) is 10.6 Å². The minimum absolute atomic E-state index is 0. The van der Waals surface area contributed by atoms with Crippen LogP contribution in [0.5, 0.6) is 5.75 Å². The molecule has 0 radical (unpaired) electrons. The molecule has 3 nitrogen and oxygen atoms in total. The monoisotopic (exact) mass is 390 g/mol. The maximum absolute atomic E-state index is 6.30. The molecule has 0 atom stereocenters. The van der Waals surface area contributed by atoms with Crippen LogP contribution in [0.2, 0.25) is 5.02 Å². The molecule has 6 heteroatoms. The molecule has 2 aromatic carbocycles. The largest absolute Gasteiger partial charge is 0.487 e. The Morgan fingerprint density at radius 3 is 2.38 bits per heavy atom. The molecule has 0 saturated heterocycles. The maximum atomic E-state index is 6.30. The number of hydrogen-bond acceptors (Lipinski definition) is 3. The third-order valence-electron chi connectivity index (χ3n) is 3.34. The Hall–Kier alpha value is -0.970. The van der Waals surface area contributed by atoms with E-state index in [0.29, 0.717) is 11.6 Å². The van der Waals surface area contributed by atoms with Crippen molar-refractivity contribution in [3.8, 4) is 5.75 Å². The summed E-state index contributed by atoms with van der Waals surface area (Å²) in [6.07, 6.45) is 1.11. The van der Waals surface area contributed by atoms with E-state index in [1.807, 2.05) is 49.5 Å². The smallest absolute Gasteiger partial charge is 0.138 e. The van der Waals surface area contributed by atoms with Gasteiger partial charge in [-0.15, -0.1) is 24.8 Å². The zero-order chi connectivity index (χ0) is 15.6. The summed E-state index contributed by atoms with van der Waals surface area (Å²) in [4.78, 5) is 0. The average molecular weight is 392 g/mol. The topological polar surface area (TPSA) is 33.3 Å². The van der Waals surface area contributed by atoms with Gasteiger partial charge in [-0.05, 0) is 49.8 Å². The zero-order valence-electron chi connectivity index (χ0n) is 13.8. The molecule has 0 bridgehead atoms. The molecule has 2 N–H and O–H groups in total. The van der Waals surface area contributed by atoms with Crippen LogP contribution in [-0.4, -0.2) is 20.1 Å². The molecule has 2 aromatic rings. The first-order valence-electron chi connectivity index (χ1n) is 7.60. The van der Waals surface area contributed by atoms with Gasteiger partial charge in [0.05, 0.1) is 5.02 Å². The highest BCUT2D eigenvalue weighted by Gasteiger charge is 2.03. The third kappa shape index (κ3) is 8.22. The van der Waals surface area contributed by atoms with Crippen molar-refractivity contribution in [2.24, 2.45) is 0 Å². The molecule has 0 heterocycles. The molecular formula is C18H25Cl3N2O. The van der Waals surface area contributed by atoms with E-state index in [1.54, 1.807) is 0 Å². The lowest BCUT2D eigenvalue weighted by molar-refractivity contribution is 0.306. The molecule has 24 heavy (non-hydrogen) atoms. The molecule has 0 amide bonds. The van der Waals surface area contributed by atoms with Crippen molar-refractivity contribution < 1.29 is 4.74 Å². The lowest BCUT2D eigenvalue weighted by atomic mass is 10.2. The van der Waals surface area contributed by atoms with Gasteiger partial charge in [-0.3, -0.25) is 0 Å². The summed E-state index contributed by atoms with van der Waals surface area (Å²) >= 11 is 6.30. The molecule has 0 aromatic heterocycles. The van der Waals surface area contributed by atoms with Crippen LogP contribution in [0.1, 0.15) is 17.5 Å². The third-order valence-corrected chi connectivity index (χ3v) is 3.64. The summed E-state index contributed by atoms with van der Waals surface area (Å²) in [6, 6.07) is 16.0. The summed E-state index contributed by atoms with van der Waals surface area (Å²) in [5.74, 6) is 0.726. The van der Waals surface area contributed by atoms with Crippen LogP contribution in [0.4, 0.5) is 0 Å². The summed E-state index contributed by atoms with van der Waals surface area (Å²) in [7, 11) is 1.97. The molecule has 134 valence electrons. The molecule has 0 aliphatic heterocycles. The lowest BCUT2D eigenvalue weighted by Crippen LogP contribution is -2.19. The normalized spacial score (nSPS) is 9.75. The summed E-state index contributed by atoms with van der Waals surface area (Å²) in [6.45, 7) is 3.37. The van der Waals surface area contributed by atoms with Crippen LogP contribution in [-0.2, 0) is 13.2 Å². The van der Waals surface area contributed by atoms with E-state index in [9.17, 15) is 0 Å². The number of halogens is 3. The van der Waals surface area contributed by atoms with E-state index >= 15 is 0 Å². The van der Waals surface area contributed by atoms with Gasteiger partial charge in [0.2, 0.25) is 0 Å². The van der Waals surface area contributed by atoms with Crippen molar-refractivity contribution in [1.29, 1.82) is 0 Å². The summed E-state index contributed by atoms with van der Waals surface area (Å²) in [5, 5.41) is 7.19. The summed E-state index contributed by atoms with van der Waals surface area (Å²) in [5.41, 5.74) is 2.30. The molecule has 0 saturated carbocycles. The van der Waals surface area contributed by atoms with Gasteiger partial charge in [0.15, 0.2) is 0 Å². The van der Waals surface area contributed by atoms with E-state index in [4.69, 9.17) is 16.3 Å². The predicted molar refractivity (Wildman–Crippen MR) is 107 cm³/mol. The van der Waals surface area contributed by atoms with Crippen LogP contribution in [0.3, 0.4) is 0 Å². The predicted octanol–water partition coefficient (Wildman–Crippen LogP) is 4.46. The van der Waals surface area contributed by atoms with Gasteiger partial charge in [0, 0.05) is 6.54 Å². The molecule has 0 fully saturated rings. The molecule has 0 aliphatic carbocycles. The number of ether oxygens (including phenoxy) is 1. The zero-order valence-corrected chi connectivity index (χ0v) is 16.1. The fourth-order valence-electron chi connectivity index (χ4n) is 2.13. The minimum atomic E-state index is 0. The maximum Gasteiger partial charge on any atom is 0.138 e. The molecule has 0 spiro atoms. The van der Waals surface area contributed by atoms with Gasteiger partial charge in [-0.1, -0.05) is 48.0 Å². The highest BCUT2D eigenvalue weighted by molar-refractivity contribution is 6.32. The Labute approximate surface area is 162 Å². The highest BCUT2D eigenvalue weighted by Crippen LogP contribution is 2.26. The van der Waals surface area contributed by atoms with Crippen molar-refractivity contribution in [2.45, 2.75) is 19.6 Å². The van der Waals surface area contributed by atoms with Crippen LogP contribution < -0.4 is 15.4 Å². The van der Waals surface area contributed by atoms with Crippen molar-refractivity contribution in [3.05, 3.63) is 64.7 Å². The first-order chi connectivity index (χ1) is 10.8. The van der Waals surface area contributed by atoms with Crippen LogP contribution in [0, 0.1) is 0 Å². The lowest BCUT2D eigenvalue weighted by Gasteiger charge is -2.10. The van der Waals surface area contributed by atoms with Gasteiger partial charge in [-0.25, -0.2) is 0 Å². The molecule has 2 rings (SSSR count). The number of nitrogens with one attached hydrogen (secondary N) is 2. The van der Waals surface area contributed by atoms with Gasteiger partial charge in [0.25, 0.3) is 0 Å². The van der Waals surface area contributed by atoms with E-state index in [2.05, 4.69) is 16.7 Å². The minimum Gasteiger partial charge on any atom is -0.487 e. The molecule has 0 aliphatic rings. The first kappa shape index (κ1) is 23.0. The van der Waals surface area contributed by atoms with Crippen molar-refractivity contribution >= 4 is 36.4 Å². The van der Waals surface area contributed by atoms with Gasteiger partial charge in [0.1, 0.15) is 12.4 Å². The Kier molecular flexibility index (Phi) is 12.8. The highest BCUT2D eigenvalue weighted by atomic mass is 35.5. The second-order valence-electron chi connectivity index (χ2n) is 5.17. The van der Waals surface area contributed by atoms with Crippen LogP contribution in [0.15, 0.2) is 48.5 Å². The Morgan fingerprint density at radius 1 is 0.958 bits per heavy atom. The van der Waals surface area contributed by atoms with Crippen molar-refractivity contribution in [2.75, 3.05) is 20.1 Å². The first-order valence-corrected chi connectivity index (χ1v) is 7.98. The average Bonchev–Trinajstić information content (AvgIpc) is 2.55. The second-order valence-corrected chi connectivity index (χ2v) is 5.58. The second kappa shape index (κ2) is 13.3. The number of benzene rings is 2. The van der Waals surface area contributed by atoms with Gasteiger partial charge >= 0.3 is 0 Å². The van der Waals surface area contributed by atoms with Gasteiger partial charge < -0.3 is 15.4 Å². The van der Waals surface area contributed by atoms with Crippen LogP contribution in [0.25, 0.3) is 0 Å². The fraction of sp³-hybridized carbons (Fsp3) is 0.333. The number of rotatable bonds is 9. The summed E-state index contributed by atoms with van der Waals surface area (Å²) < 4.78 is 5.77. The molecule has 0 unspecified atom stereocenters. The van der Waals surface area contributed by atoms with Gasteiger partial charge in [-0.2, -0.15) is 0 Å². The quantitative estimate of drug-likeness (QED) is 0.619. The Morgan fingerprint density at radius 2 is 1.71 bits per heavy atom. The van der Waals surface area contributed by atoms with Crippen LogP contribution >= 0.6 is 36.4 Å². The Balaban J connectivity index is 0.00000264.